The molecule has 0 spiro atoms. The highest BCUT2D eigenvalue weighted by atomic mass is 16.1. The van der Waals surface area contributed by atoms with Crippen LogP contribution in [0.5, 0.6) is 0 Å². The van der Waals surface area contributed by atoms with E-state index in [1.54, 1.807) is 0 Å². The van der Waals surface area contributed by atoms with Crippen molar-refractivity contribution in [3.05, 3.63) is 0 Å². The molecule has 0 bridgehead atoms. The van der Waals surface area contributed by atoms with Crippen LogP contribution >= 0.6 is 0 Å². The lowest BCUT2D eigenvalue weighted by molar-refractivity contribution is -0.122. The molecule has 1 aliphatic carbocycles. The molecule has 0 radical (unpaired) electrons. The van der Waals surface area contributed by atoms with Gasteiger partial charge in [0.1, 0.15) is 0 Å². The van der Waals surface area contributed by atoms with Gasteiger partial charge in [-0.1, -0.05) is 26.2 Å². The number of carbonyl (C=O) groups is 1. The lowest BCUT2D eigenvalue weighted by Crippen LogP contribution is -2.47. The largest absolute Gasteiger partial charge is 0.355 e. The second kappa shape index (κ2) is 5.67. The van der Waals surface area contributed by atoms with E-state index in [-0.39, 0.29) is 5.91 Å². The van der Waals surface area contributed by atoms with E-state index in [1.165, 1.54) is 25.7 Å². The zero-order chi connectivity index (χ0) is 11.4. The summed E-state index contributed by atoms with van der Waals surface area (Å²) in [4.78, 5) is 11.0. The quantitative estimate of drug-likeness (QED) is 0.766. The Bertz CT molecular complexity index is 232. The maximum atomic E-state index is 11.0. The van der Waals surface area contributed by atoms with E-state index in [2.05, 4.69) is 17.6 Å². The molecule has 1 saturated carbocycles. The van der Waals surface area contributed by atoms with Gasteiger partial charge in [-0.05, 0) is 31.2 Å². The van der Waals surface area contributed by atoms with Crippen molar-refractivity contribution in [1.29, 1.82) is 0 Å². The number of piperidine rings is 1. The Morgan fingerprint density at radius 3 is 2.81 bits per heavy atom. The number of hydrogen-bond donors (Lipinski definition) is 2. The molecule has 3 nitrogen and oxygen atoms in total. The first-order chi connectivity index (χ1) is 7.75. The minimum absolute atomic E-state index is 0.212. The van der Waals surface area contributed by atoms with Gasteiger partial charge in [0.15, 0.2) is 0 Å². The van der Waals surface area contributed by atoms with Crippen LogP contribution in [0.25, 0.3) is 0 Å². The monoisotopic (exact) mass is 224 g/mol. The van der Waals surface area contributed by atoms with Crippen molar-refractivity contribution < 1.29 is 4.79 Å². The van der Waals surface area contributed by atoms with Gasteiger partial charge in [-0.3, -0.25) is 4.79 Å². The second-order valence-corrected chi connectivity index (χ2v) is 5.47. The zero-order valence-electron chi connectivity index (χ0n) is 10.3. The molecule has 1 aliphatic heterocycles. The molecule has 1 saturated heterocycles. The number of hydrogen-bond acceptors (Lipinski definition) is 2. The summed E-state index contributed by atoms with van der Waals surface area (Å²) in [5.74, 6) is 1.94. The Morgan fingerprint density at radius 1 is 1.31 bits per heavy atom. The van der Waals surface area contributed by atoms with E-state index in [1.807, 2.05) is 0 Å². The second-order valence-electron chi connectivity index (χ2n) is 5.47. The third-order valence-corrected chi connectivity index (χ3v) is 4.22. The lowest BCUT2D eigenvalue weighted by Gasteiger charge is -2.31. The molecular weight excluding hydrogens is 200 g/mol. The van der Waals surface area contributed by atoms with Crippen molar-refractivity contribution >= 4 is 5.91 Å². The maximum absolute atomic E-state index is 11.0. The Balaban J connectivity index is 1.68. The molecule has 1 heterocycles. The summed E-state index contributed by atoms with van der Waals surface area (Å²) < 4.78 is 0. The van der Waals surface area contributed by atoms with E-state index in [4.69, 9.17) is 0 Å². The van der Waals surface area contributed by atoms with Crippen LogP contribution in [0.1, 0.15) is 45.4 Å². The predicted octanol–water partition coefficient (Wildman–Crippen LogP) is 1.68. The summed E-state index contributed by atoms with van der Waals surface area (Å²) in [5.41, 5.74) is 0. The topological polar surface area (TPSA) is 41.1 Å². The molecule has 2 fully saturated rings. The van der Waals surface area contributed by atoms with Gasteiger partial charge in [0, 0.05) is 19.0 Å². The van der Waals surface area contributed by atoms with Crippen LogP contribution in [0.4, 0.5) is 0 Å². The van der Waals surface area contributed by atoms with Crippen molar-refractivity contribution in [1.82, 2.24) is 10.6 Å². The minimum Gasteiger partial charge on any atom is -0.355 e. The fourth-order valence-electron chi connectivity index (χ4n) is 2.92. The number of carbonyl (C=O) groups excluding carboxylic acids is 1. The summed E-state index contributed by atoms with van der Waals surface area (Å²) in [7, 11) is 0. The molecule has 2 rings (SSSR count). The summed E-state index contributed by atoms with van der Waals surface area (Å²) in [5, 5.41) is 6.56. The first-order valence-corrected chi connectivity index (χ1v) is 6.76. The van der Waals surface area contributed by atoms with Gasteiger partial charge in [-0.15, -0.1) is 0 Å². The smallest absolute Gasteiger partial charge is 0.220 e. The third kappa shape index (κ3) is 3.21. The molecule has 2 N–H and O–H groups in total. The normalized spacial score (nSPS) is 35.8. The van der Waals surface area contributed by atoms with Gasteiger partial charge in [-0.25, -0.2) is 0 Å². The summed E-state index contributed by atoms with van der Waals surface area (Å²) in [6.07, 6.45) is 7.29. The van der Waals surface area contributed by atoms with Crippen molar-refractivity contribution in [3.8, 4) is 0 Å². The Morgan fingerprint density at radius 2 is 2.12 bits per heavy atom. The Hall–Kier alpha value is -0.570. The van der Waals surface area contributed by atoms with E-state index < -0.39 is 0 Å². The maximum Gasteiger partial charge on any atom is 0.220 e. The molecule has 3 unspecified atom stereocenters. The minimum atomic E-state index is 0.212. The van der Waals surface area contributed by atoms with E-state index in [0.29, 0.717) is 12.5 Å². The Kier molecular flexibility index (Phi) is 4.22. The highest BCUT2D eigenvalue weighted by Crippen LogP contribution is 2.29. The molecule has 92 valence electrons. The first-order valence-electron chi connectivity index (χ1n) is 6.76. The molecule has 3 atom stereocenters. The van der Waals surface area contributed by atoms with E-state index >= 15 is 0 Å². The SMILES string of the molecule is CC1CCCCC1CNC1CCC(=O)NC1. The number of nitrogens with one attached hydrogen (secondary N) is 2. The highest BCUT2D eigenvalue weighted by molar-refractivity contribution is 5.76. The van der Waals surface area contributed by atoms with Crippen molar-refractivity contribution in [2.45, 2.75) is 51.5 Å². The lowest BCUT2D eigenvalue weighted by atomic mass is 9.80. The van der Waals surface area contributed by atoms with E-state index in [9.17, 15) is 4.79 Å². The molecule has 1 amide bonds. The van der Waals surface area contributed by atoms with Gasteiger partial charge in [-0.2, -0.15) is 0 Å². The average molecular weight is 224 g/mol. The summed E-state index contributed by atoms with van der Waals surface area (Å²) in [6.45, 7) is 4.34. The van der Waals surface area contributed by atoms with Gasteiger partial charge in [0.2, 0.25) is 5.91 Å². The molecule has 0 aromatic heterocycles. The summed E-state index contributed by atoms with van der Waals surface area (Å²) in [6, 6.07) is 0.506. The van der Waals surface area contributed by atoms with Crippen molar-refractivity contribution in [2.24, 2.45) is 11.8 Å². The molecule has 2 aliphatic rings. The van der Waals surface area contributed by atoms with Crippen LogP contribution < -0.4 is 10.6 Å². The van der Waals surface area contributed by atoms with Gasteiger partial charge in [0.25, 0.3) is 0 Å². The van der Waals surface area contributed by atoms with Crippen LogP contribution in [0.15, 0.2) is 0 Å². The van der Waals surface area contributed by atoms with Crippen LogP contribution in [-0.4, -0.2) is 25.0 Å². The zero-order valence-corrected chi connectivity index (χ0v) is 10.3. The van der Waals surface area contributed by atoms with Crippen LogP contribution in [0, 0.1) is 11.8 Å². The summed E-state index contributed by atoms with van der Waals surface area (Å²) >= 11 is 0. The van der Waals surface area contributed by atoms with Gasteiger partial charge >= 0.3 is 0 Å². The fourth-order valence-corrected chi connectivity index (χ4v) is 2.92. The van der Waals surface area contributed by atoms with Crippen LogP contribution in [0.3, 0.4) is 0 Å². The molecule has 0 aromatic carbocycles. The van der Waals surface area contributed by atoms with E-state index in [0.717, 1.165) is 31.3 Å². The van der Waals surface area contributed by atoms with Crippen molar-refractivity contribution in [3.63, 3.8) is 0 Å². The molecule has 0 aromatic rings. The van der Waals surface area contributed by atoms with Crippen LogP contribution in [0.2, 0.25) is 0 Å². The van der Waals surface area contributed by atoms with Gasteiger partial charge < -0.3 is 10.6 Å². The number of amides is 1. The molecular formula is C13H24N2O. The Labute approximate surface area is 98.4 Å². The van der Waals surface area contributed by atoms with Gasteiger partial charge in [0.05, 0.1) is 0 Å². The highest BCUT2D eigenvalue weighted by Gasteiger charge is 2.23. The number of rotatable bonds is 3. The standard InChI is InChI=1S/C13H24N2O/c1-10-4-2-3-5-11(10)8-14-12-6-7-13(16)15-9-12/h10-12,14H,2-9H2,1H3,(H,15,16). The first kappa shape index (κ1) is 11.9. The average Bonchev–Trinajstić information content (AvgIpc) is 2.30. The predicted molar refractivity (Wildman–Crippen MR) is 65.2 cm³/mol. The molecule has 16 heavy (non-hydrogen) atoms. The van der Waals surface area contributed by atoms with Crippen LogP contribution in [-0.2, 0) is 4.79 Å². The molecule has 3 heteroatoms. The fraction of sp³-hybridized carbons (Fsp3) is 0.923. The third-order valence-electron chi connectivity index (χ3n) is 4.22. The van der Waals surface area contributed by atoms with Crippen molar-refractivity contribution in [2.75, 3.05) is 13.1 Å².